The lowest BCUT2D eigenvalue weighted by Crippen LogP contribution is -2.31. The molecule has 1 aromatic carbocycles. The zero-order valence-corrected chi connectivity index (χ0v) is 9.30. The number of carbonyl (C=O) groups excluding carboxylic acids is 1. The van der Waals surface area contributed by atoms with E-state index in [-0.39, 0.29) is 5.91 Å². The van der Waals surface area contributed by atoms with E-state index in [4.69, 9.17) is 4.74 Å². The molecule has 0 saturated carbocycles. The van der Waals surface area contributed by atoms with Crippen LogP contribution < -0.4 is 10.1 Å². The van der Waals surface area contributed by atoms with E-state index in [9.17, 15) is 4.79 Å². The molecule has 0 unspecified atom stereocenters. The lowest BCUT2D eigenvalue weighted by molar-refractivity contribution is 0.0942. The topological polar surface area (TPSA) is 54.1 Å². The van der Waals surface area contributed by atoms with Crippen molar-refractivity contribution >= 4 is 16.8 Å². The molecule has 0 saturated heterocycles. The van der Waals surface area contributed by atoms with Crippen LogP contribution in [0.4, 0.5) is 0 Å². The molecule has 1 amide bonds. The van der Waals surface area contributed by atoms with Gasteiger partial charge in [-0.1, -0.05) is 0 Å². The highest BCUT2D eigenvalue weighted by atomic mass is 16.5. The van der Waals surface area contributed by atoms with Gasteiger partial charge in [0.15, 0.2) is 0 Å². The van der Waals surface area contributed by atoms with Crippen molar-refractivity contribution in [3.63, 3.8) is 0 Å². The third kappa shape index (κ3) is 1.15. The fraction of sp³-hybridized carbons (Fsp3) is 0.308. The average Bonchev–Trinajstić information content (AvgIpc) is 2.90. The Hall–Kier alpha value is -1.97. The number of ether oxygens (including phenoxy) is 1. The highest BCUT2D eigenvalue weighted by molar-refractivity contribution is 6.02. The number of fused-ring (bicyclic) bond motifs is 4. The van der Waals surface area contributed by atoms with Gasteiger partial charge in [0.2, 0.25) is 0 Å². The van der Waals surface area contributed by atoms with E-state index in [0.717, 1.165) is 53.9 Å². The Morgan fingerprint density at radius 2 is 2.18 bits per heavy atom. The number of rotatable bonds is 0. The molecular formula is C13H12N2O2. The highest BCUT2D eigenvalue weighted by Crippen LogP contribution is 2.34. The van der Waals surface area contributed by atoms with Crippen molar-refractivity contribution in [2.75, 3.05) is 13.2 Å². The van der Waals surface area contributed by atoms with Crippen LogP contribution in [0.5, 0.6) is 5.75 Å². The second kappa shape index (κ2) is 3.03. The number of nitrogens with one attached hydrogen (secondary N) is 2. The second-order valence-electron chi connectivity index (χ2n) is 4.59. The molecule has 0 atom stereocenters. The third-order valence-electron chi connectivity index (χ3n) is 3.60. The first-order valence-corrected chi connectivity index (χ1v) is 5.91. The number of H-pyrrole nitrogens is 1. The molecule has 0 fully saturated rings. The maximum absolute atomic E-state index is 11.7. The van der Waals surface area contributed by atoms with Crippen LogP contribution in [-0.2, 0) is 12.8 Å². The van der Waals surface area contributed by atoms with Crippen LogP contribution in [0.3, 0.4) is 0 Å². The summed E-state index contributed by atoms with van der Waals surface area (Å²) in [4.78, 5) is 15.0. The fourth-order valence-electron chi connectivity index (χ4n) is 2.77. The van der Waals surface area contributed by atoms with Gasteiger partial charge in [-0.15, -0.1) is 0 Å². The molecule has 2 aromatic rings. The minimum atomic E-state index is 0.00327. The van der Waals surface area contributed by atoms with Crippen LogP contribution in [0.15, 0.2) is 12.1 Å². The smallest absolute Gasteiger partial charge is 0.268 e. The van der Waals surface area contributed by atoms with Gasteiger partial charge in [-0.2, -0.15) is 0 Å². The second-order valence-corrected chi connectivity index (χ2v) is 4.59. The number of hydrogen-bond acceptors (Lipinski definition) is 2. The molecule has 3 heterocycles. The number of aromatic nitrogens is 1. The Balaban J connectivity index is 2.04. The summed E-state index contributed by atoms with van der Waals surface area (Å²) >= 11 is 0. The molecule has 2 aliphatic rings. The van der Waals surface area contributed by atoms with Crippen LogP contribution in [0, 0.1) is 0 Å². The van der Waals surface area contributed by atoms with E-state index in [0.29, 0.717) is 0 Å². The van der Waals surface area contributed by atoms with Crippen LogP contribution in [0.1, 0.15) is 21.6 Å². The lowest BCUT2D eigenvalue weighted by Gasteiger charge is -2.12. The Kier molecular flexibility index (Phi) is 1.62. The number of hydrogen-bond donors (Lipinski definition) is 2. The van der Waals surface area contributed by atoms with Crippen molar-refractivity contribution in [1.82, 2.24) is 10.3 Å². The Bertz CT molecular complexity index is 642. The predicted octanol–water partition coefficient (Wildman–Crippen LogP) is 1.39. The molecular weight excluding hydrogens is 216 g/mol. The van der Waals surface area contributed by atoms with Crippen molar-refractivity contribution in [2.45, 2.75) is 12.8 Å². The first-order valence-electron chi connectivity index (χ1n) is 5.91. The van der Waals surface area contributed by atoms with Gasteiger partial charge in [0, 0.05) is 23.9 Å². The van der Waals surface area contributed by atoms with Crippen LogP contribution in [0.25, 0.3) is 10.9 Å². The van der Waals surface area contributed by atoms with Gasteiger partial charge in [0.1, 0.15) is 11.4 Å². The Labute approximate surface area is 98.0 Å². The number of aromatic amines is 1. The van der Waals surface area contributed by atoms with Gasteiger partial charge in [-0.05, 0) is 29.7 Å². The normalized spacial score (nSPS) is 17.5. The zero-order chi connectivity index (χ0) is 11.4. The first kappa shape index (κ1) is 9.10. The van der Waals surface area contributed by atoms with Crippen LogP contribution >= 0.6 is 0 Å². The average molecular weight is 228 g/mol. The number of benzene rings is 1. The predicted molar refractivity (Wildman–Crippen MR) is 63.5 cm³/mol. The largest absolute Gasteiger partial charge is 0.493 e. The molecule has 0 bridgehead atoms. The minimum absolute atomic E-state index is 0.00327. The Morgan fingerprint density at radius 3 is 3.12 bits per heavy atom. The molecule has 1 aromatic heterocycles. The molecule has 2 N–H and O–H groups in total. The van der Waals surface area contributed by atoms with Gasteiger partial charge >= 0.3 is 0 Å². The maximum Gasteiger partial charge on any atom is 0.268 e. The summed E-state index contributed by atoms with van der Waals surface area (Å²) in [6.45, 7) is 1.49. The SMILES string of the molecule is O=C1NCCc2c1[nH]c1cc3c(cc21)OCC3. The highest BCUT2D eigenvalue weighted by Gasteiger charge is 2.23. The summed E-state index contributed by atoms with van der Waals surface area (Å²) in [5.74, 6) is 0.980. The van der Waals surface area contributed by atoms with E-state index in [1.54, 1.807) is 0 Å². The molecule has 4 nitrogen and oxygen atoms in total. The van der Waals surface area contributed by atoms with Gasteiger partial charge < -0.3 is 15.0 Å². The summed E-state index contributed by atoms with van der Waals surface area (Å²) in [6.07, 6.45) is 1.85. The summed E-state index contributed by atoms with van der Waals surface area (Å²) in [5.41, 5.74) is 4.13. The minimum Gasteiger partial charge on any atom is -0.493 e. The fourth-order valence-corrected chi connectivity index (χ4v) is 2.77. The van der Waals surface area contributed by atoms with Crippen molar-refractivity contribution < 1.29 is 9.53 Å². The third-order valence-corrected chi connectivity index (χ3v) is 3.60. The summed E-state index contributed by atoms with van der Waals surface area (Å²) in [5, 5.41) is 3.99. The van der Waals surface area contributed by atoms with E-state index in [1.807, 2.05) is 0 Å². The summed E-state index contributed by atoms with van der Waals surface area (Å²) in [7, 11) is 0. The number of carbonyl (C=O) groups is 1. The van der Waals surface area contributed by atoms with Crippen molar-refractivity contribution in [3.05, 3.63) is 29.0 Å². The monoisotopic (exact) mass is 228 g/mol. The van der Waals surface area contributed by atoms with Gasteiger partial charge in [-0.25, -0.2) is 0 Å². The van der Waals surface area contributed by atoms with Crippen molar-refractivity contribution in [2.24, 2.45) is 0 Å². The van der Waals surface area contributed by atoms with E-state index < -0.39 is 0 Å². The Morgan fingerprint density at radius 1 is 1.24 bits per heavy atom. The maximum atomic E-state index is 11.7. The van der Waals surface area contributed by atoms with Gasteiger partial charge in [-0.3, -0.25) is 4.79 Å². The van der Waals surface area contributed by atoms with Crippen LogP contribution in [-0.4, -0.2) is 24.0 Å². The molecule has 0 radical (unpaired) electrons. The summed E-state index contributed by atoms with van der Waals surface area (Å²) < 4.78 is 5.58. The van der Waals surface area contributed by atoms with Gasteiger partial charge in [0.25, 0.3) is 5.91 Å². The van der Waals surface area contributed by atoms with Crippen LogP contribution in [0.2, 0.25) is 0 Å². The molecule has 17 heavy (non-hydrogen) atoms. The quantitative estimate of drug-likeness (QED) is 0.716. The molecule has 4 heteroatoms. The van der Waals surface area contributed by atoms with E-state index in [1.165, 1.54) is 5.56 Å². The summed E-state index contributed by atoms with van der Waals surface area (Å²) in [6, 6.07) is 4.19. The molecule has 86 valence electrons. The van der Waals surface area contributed by atoms with E-state index >= 15 is 0 Å². The molecule has 2 aliphatic heterocycles. The standard InChI is InChI=1S/C13H12N2O2/c16-13-12-8(1-3-14-13)9-6-11-7(2-4-17-11)5-10(9)15-12/h5-6,15H,1-4H2,(H,14,16). The molecule has 0 aliphatic carbocycles. The lowest BCUT2D eigenvalue weighted by atomic mass is 10.0. The molecule has 0 spiro atoms. The van der Waals surface area contributed by atoms with Crippen molar-refractivity contribution in [3.8, 4) is 5.75 Å². The zero-order valence-electron chi connectivity index (χ0n) is 9.30. The first-order chi connectivity index (χ1) is 8.33. The number of amides is 1. The molecule has 4 rings (SSSR count). The van der Waals surface area contributed by atoms with Crippen molar-refractivity contribution in [1.29, 1.82) is 0 Å². The van der Waals surface area contributed by atoms with E-state index in [2.05, 4.69) is 22.4 Å². The van der Waals surface area contributed by atoms with Gasteiger partial charge in [0.05, 0.1) is 6.61 Å².